The lowest BCUT2D eigenvalue weighted by Crippen LogP contribution is -2.28. The van der Waals surface area contributed by atoms with Crippen molar-refractivity contribution in [1.29, 1.82) is 0 Å². The summed E-state index contributed by atoms with van der Waals surface area (Å²) >= 11 is 0. The maximum atomic E-state index is 4.37. The number of nitrogens with one attached hydrogen (secondary N) is 1. The van der Waals surface area contributed by atoms with Gasteiger partial charge in [-0.05, 0) is 50.4 Å². The van der Waals surface area contributed by atoms with Crippen molar-refractivity contribution in [2.45, 2.75) is 39.2 Å². The van der Waals surface area contributed by atoms with E-state index >= 15 is 0 Å². The molecule has 1 aliphatic heterocycles. The van der Waals surface area contributed by atoms with Gasteiger partial charge in [0.1, 0.15) is 0 Å². The number of rotatable bonds is 2. The smallest absolute Gasteiger partial charge is 0.0994 e. The van der Waals surface area contributed by atoms with Crippen molar-refractivity contribution in [2.24, 2.45) is 0 Å². The van der Waals surface area contributed by atoms with Crippen molar-refractivity contribution in [1.82, 2.24) is 14.9 Å². The van der Waals surface area contributed by atoms with Crippen LogP contribution in [0.2, 0.25) is 0 Å². The van der Waals surface area contributed by atoms with E-state index in [0.717, 1.165) is 6.54 Å². The molecule has 2 aromatic rings. The highest BCUT2D eigenvalue weighted by Crippen LogP contribution is 2.26. The van der Waals surface area contributed by atoms with Crippen molar-refractivity contribution >= 4 is 0 Å². The molecule has 19 heavy (non-hydrogen) atoms. The van der Waals surface area contributed by atoms with Gasteiger partial charge in [0.2, 0.25) is 0 Å². The topological polar surface area (TPSA) is 29.9 Å². The predicted molar refractivity (Wildman–Crippen MR) is 77.6 cm³/mol. The number of aromatic nitrogens is 2. The Bertz CT molecular complexity index is 565. The maximum absolute atomic E-state index is 4.37. The summed E-state index contributed by atoms with van der Waals surface area (Å²) in [4.78, 5) is 4.37. The molecule has 2 heterocycles. The van der Waals surface area contributed by atoms with Crippen LogP contribution in [0.25, 0.3) is 5.69 Å². The van der Waals surface area contributed by atoms with Crippen LogP contribution in [0.3, 0.4) is 0 Å². The van der Waals surface area contributed by atoms with Crippen molar-refractivity contribution in [3.63, 3.8) is 0 Å². The van der Waals surface area contributed by atoms with Gasteiger partial charge in [0, 0.05) is 11.7 Å². The maximum Gasteiger partial charge on any atom is 0.0994 e. The molecule has 100 valence electrons. The summed E-state index contributed by atoms with van der Waals surface area (Å²) in [5, 5.41) is 3.60. The summed E-state index contributed by atoms with van der Waals surface area (Å²) in [6, 6.07) is 7.02. The van der Waals surface area contributed by atoms with Crippen LogP contribution in [0.5, 0.6) is 0 Å². The zero-order valence-corrected chi connectivity index (χ0v) is 11.7. The Morgan fingerprint density at radius 3 is 2.95 bits per heavy atom. The molecule has 1 unspecified atom stereocenters. The van der Waals surface area contributed by atoms with Crippen LogP contribution in [0.15, 0.2) is 30.7 Å². The van der Waals surface area contributed by atoms with Crippen LogP contribution in [-0.4, -0.2) is 16.1 Å². The molecule has 3 heteroatoms. The third-order valence-corrected chi connectivity index (χ3v) is 3.96. The predicted octanol–water partition coefficient (Wildman–Crippen LogP) is 3.30. The molecule has 1 aromatic heterocycles. The standard InChI is InChI=1S/C16H21N3/c1-12-6-7-13(2)15(9-12)19-11-17-10-16(19)14-5-3-4-8-18-14/h6-7,9-11,14,18H,3-5,8H2,1-2H3. The third kappa shape index (κ3) is 2.43. The van der Waals surface area contributed by atoms with Gasteiger partial charge < -0.3 is 9.88 Å². The molecule has 1 fully saturated rings. The highest BCUT2D eigenvalue weighted by atomic mass is 15.1. The van der Waals surface area contributed by atoms with E-state index in [1.807, 2.05) is 12.5 Å². The number of aryl methyl sites for hydroxylation is 2. The minimum Gasteiger partial charge on any atom is -0.309 e. The molecule has 1 N–H and O–H groups in total. The first kappa shape index (κ1) is 12.4. The molecule has 1 aromatic carbocycles. The number of hydrogen-bond acceptors (Lipinski definition) is 2. The van der Waals surface area contributed by atoms with E-state index in [-0.39, 0.29) is 0 Å². The van der Waals surface area contributed by atoms with Crippen molar-refractivity contribution < 1.29 is 0 Å². The van der Waals surface area contributed by atoms with Gasteiger partial charge in [-0.15, -0.1) is 0 Å². The van der Waals surface area contributed by atoms with Crippen LogP contribution < -0.4 is 5.32 Å². The van der Waals surface area contributed by atoms with Crippen LogP contribution in [0.1, 0.15) is 42.1 Å². The minimum absolute atomic E-state index is 0.441. The summed E-state index contributed by atoms with van der Waals surface area (Å²) in [7, 11) is 0. The van der Waals surface area contributed by atoms with Crippen LogP contribution in [0, 0.1) is 13.8 Å². The lowest BCUT2D eigenvalue weighted by atomic mass is 10.0. The Hall–Kier alpha value is -1.61. The summed E-state index contributed by atoms with van der Waals surface area (Å²) in [5.74, 6) is 0. The van der Waals surface area contributed by atoms with Gasteiger partial charge in [0.15, 0.2) is 0 Å². The zero-order valence-electron chi connectivity index (χ0n) is 11.7. The Morgan fingerprint density at radius 1 is 1.26 bits per heavy atom. The molecular formula is C16H21N3. The number of imidazole rings is 1. The molecule has 0 saturated carbocycles. The number of benzene rings is 1. The highest BCUT2D eigenvalue weighted by Gasteiger charge is 2.19. The van der Waals surface area contributed by atoms with E-state index < -0.39 is 0 Å². The molecule has 3 nitrogen and oxygen atoms in total. The van der Waals surface area contributed by atoms with E-state index in [1.54, 1.807) is 0 Å². The average Bonchev–Trinajstić information content (AvgIpc) is 2.91. The van der Waals surface area contributed by atoms with Crippen LogP contribution in [0.4, 0.5) is 0 Å². The van der Waals surface area contributed by atoms with Gasteiger partial charge in [-0.3, -0.25) is 0 Å². The minimum atomic E-state index is 0.441. The third-order valence-electron chi connectivity index (χ3n) is 3.96. The second-order valence-corrected chi connectivity index (χ2v) is 5.48. The molecule has 3 rings (SSSR count). The van der Waals surface area contributed by atoms with Gasteiger partial charge in [-0.25, -0.2) is 4.98 Å². The van der Waals surface area contributed by atoms with Gasteiger partial charge in [-0.1, -0.05) is 18.6 Å². The lowest BCUT2D eigenvalue weighted by Gasteiger charge is -2.25. The second-order valence-electron chi connectivity index (χ2n) is 5.48. The highest BCUT2D eigenvalue weighted by molar-refractivity contribution is 5.44. The normalized spacial score (nSPS) is 19.6. The molecule has 0 radical (unpaired) electrons. The monoisotopic (exact) mass is 255 g/mol. The molecular weight excluding hydrogens is 234 g/mol. The van der Waals surface area contributed by atoms with E-state index in [9.17, 15) is 0 Å². The average molecular weight is 255 g/mol. The summed E-state index contributed by atoms with van der Waals surface area (Å²) < 4.78 is 2.24. The summed E-state index contributed by atoms with van der Waals surface area (Å²) in [6.07, 6.45) is 7.73. The number of piperidine rings is 1. The van der Waals surface area contributed by atoms with Gasteiger partial charge in [0.05, 0.1) is 18.2 Å². The molecule has 1 aliphatic rings. The Labute approximate surface area is 114 Å². The van der Waals surface area contributed by atoms with Crippen LogP contribution >= 0.6 is 0 Å². The van der Waals surface area contributed by atoms with Crippen molar-refractivity contribution in [3.8, 4) is 5.69 Å². The van der Waals surface area contributed by atoms with E-state index in [2.05, 4.69) is 46.9 Å². The van der Waals surface area contributed by atoms with Gasteiger partial charge >= 0.3 is 0 Å². The van der Waals surface area contributed by atoms with Gasteiger partial charge in [0.25, 0.3) is 0 Å². The summed E-state index contributed by atoms with van der Waals surface area (Å²) in [6.45, 7) is 5.41. The first-order valence-corrected chi connectivity index (χ1v) is 7.09. The van der Waals surface area contributed by atoms with Crippen LogP contribution in [-0.2, 0) is 0 Å². The van der Waals surface area contributed by atoms with Crippen molar-refractivity contribution in [3.05, 3.63) is 47.5 Å². The fourth-order valence-electron chi connectivity index (χ4n) is 2.85. The fourth-order valence-corrected chi connectivity index (χ4v) is 2.85. The van der Waals surface area contributed by atoms with E-state index in [1.165, 1.54) is 41.8 Å². The summed E-state index contributed by atoms with van der Waals surface area (Å²) in [5.41, 5.74) is 5.12. The largest absolute Gasteiger partial charge is 0.309 e. The fraction of sp³-hybridized carbons (Fsp3) is 0.438. The molecule has 0 amide bonds. The molecule has 1 saturated heterocycles. The molecule has 1 atom stereocenters. The van der Waals surface area contributed by atoms with E-state index in [0.29, 0.717) is 6.04 Å². The first-order chi connectivity index (χ1) is 9.25. The Balaban J connectivity index is 2.01. The zero-order chi connectivity index (χ0) is 13.2. The molecule has 0 bridgehead atoms. The Kier molecular flexibility index (Phi) is 3.38. The second kappa shape index (κ2) is 5.17. The lowest BCUT2D eigenvalue weighted by molar-refractivity contribution is 0.402. The number of hydrogen-bond donors (Lipinski definition) is 1. The molecule has 0 aliphatic carbocycles. The Morgan fingerprint density at radius 2 is 2.16 bits per heavy atom. The SMILES string of the molecule is Cc1ccc(C)c(-n2cncc2C2CCCCN2)c1. The van der Waals surface area contributed by atoms with Crippen molar-refractivity contribution in [2.75, 3.05) is 6.54 Å². The molecule has 0 spiro atoms. The quantitative estimate of drug-likeness (QED) is 0.892. The first-order valence-electron chi connectivity index (χ1n) is 7.09. The van der Waals surface area contributed by atoms with E-state index in [4.69, 9.17) is 0 Å². The van der Waals surface area contributed by atoms with Gasteiger partial charge in [-0.2, -0.15) is 0 Å². The number of nitrogens with zero attached hydrogens (tertiary/aromatic N) is 2.